The number of hydrogen-bond acceptors (Lipinski definition) is 7. The van der Waals surface area contributed by atoms with Gasteiger partial charge in [0.2, 0.25) is 0 Å². The van der Waals surface area contributed by atoms with Crippen molar-refractivity contribution in [2.24, 2.45) is 5.92 Å². The summed E-state index contributed by atoms with van der Waals surface area (Å²) in [6.45, 7) is 7.03. The summed E-state index contributed by atoms with van der Waals surface area (Å²) >= 11 is 6.72. The first-order valence-electron chi connectivity index (χ1n) is 13.0. The van der Waals surface area contributed by atoms with Gasteiger partial charge in [0, 0.05) is 17.3 Å². The maximum atomic E-state index is 13.4. The number of aromatic nitrogens is 2. The van der Waals surface area contributed by atoms with Crippen LogP contribution in [0, 0.1) is 12.8 Å². The fourth-order valence-electron chi connectivity index (χ4n) is 4.71. The van der Waals surface area contributed by atoms with Gasteiger partial charge in [-0.3, -0.25) is 9.69 Å². The van der Waals surface area contributed by atoms with E-state index in [1.54, 1.807) is 4.68 Å². The third kappa shape index (κ3) is 6.13. The number of benzene rings is 2. The molecule has 3 aromatic rings. The van der Waals surface area contributed by atoms with Crippen molar-refractivity contribution in [3.63, 3.8) is 0 Å². The van der Waals surface area contributed by atoms with Gasteiger partial charge in [-0.1, -0.05) is 56.0 Å². The number of amides is 1. The molecule has 2 saturated heterocycles. The summed E-state index contributed by atoms with van der Waals surface area (Å²) < 4.78 is 32.3. The summed E-state index contributed by atoms with van der Waals surface area (Å²) in [4.78, 5) is 15.3. The molecule has 39 heavy (non-hydrogen) atoms. The maximum Gasteiger partial charge on any atom is 0.266 e. The van der Waals surface area contributed by atoms with Gasteiger partial charge in [0.1, 0.15) is 15.8 Å². The summed E-state index contributed by atoms with van der Waals surface area (Å²) in [5, 5.41) is 4.89. The van der Waals surface area contributed by atoms with E-state index in [4.69, 9.17) is 22.1 Å². The van der Waals surface area contributed by atoms with E-state index in [0.29, 0.717) is 28.2 Å². The number of thiocarbonyl (C=S) groups is 1. The maximum absolute atomic E-state index is 13.4. The minimum atomic E-state index is -3.15. The van der Waals surface area contributed by atoms with Gasteiger partial charge in [-0.2, -0.15) is 5.10 Å². The number of nitrogens with zero attached hydrogens (tertiary/aromatic N) is 3. The Balaban J connectivity index is 1.49. The van der Waals surface area contributed by atoms with Gasteiger partial charge in [-0.05, 0) is 67.7 Å². The number of carbonyl (C=O) groups is 1. The second kappa shape index (κ2) is 11.3. The highest BCUT2D eigenvalue weighted by Gasteiger charge is 2.42. The standard InChI is InChI=1S/C29H31N3O4S3/c1-19(2)11-13-36-25-10-9-21(15-20(25)3)27-22(17-31(30-27)23-7-5-4-6-8-23)16-26-28(33)32(29(37)38-26)24-12-14-39(34,35)18-24/h4-10,15-17,19,24H,11-14,18H2,1-3H3/b26-16-/t24-/m0/s1. The monoisotopic (exact) mass is 581 g/mol. The van der Waals surface area contributed by atoms with E-state index in [9.17, 15) is 13.2 Å². The van der Waals surface area contributed by atoms with E-state index in [2.05, 4.69) is 13.8 Å². The Morgan fingerprint density at radius 2 is 1.97 bits per heavy atom. The molecule has 0 bridgehead atoms. The molecule has 0 saturated carbocycles. The molecule has 5 rings (SSSR count). The molecule has 1 aromatic heterocycles. The SMILES string of the molecule is Cc1cc(-c2nn(-c3ccccc3)cc2/C=C2\SC(=S)N([C@H]3CCS(=O)(=O)C3)C2=O)ccc1OCCC(C)C. The number of para-hydroxylation sites is 1. The van der Waals surface area contributed by atoms with Crippen LogP contribution in [0.3, 0.4) is 0 Å². The molecule has 2 aromatic carbocycles. The topological polar surface area (TPSA) is 81.5 Å². The first-order valence-corrected chi connectivity index (χ1v) is 16.0. The predicted octanol–water partition coefficient (Wildman–Crippen LogP) is 5.66. The Kier molecular flexibility index (Phi) is 7.98. The molecule has 2 aliphatic rings. The van der Waals surface area contributed by atoms with Crippen LogP contribution in [-0.4, -0.2) is 57.5 Å². The molecule has 0 aliphatic carbocycles. The van der Waals surface area contributed by atoms with Gasteiger partial charge in [0.05, 0.1) is 34.7 Å². The smallest absolute Gasteiger partial charge is 0.266 e. The lowest BCUT2D eigenvalue weighted by Gasteiger charge is -2.20. The normalized spacial score (nSPS) is 19.9. The summed E-state index contributed by atoms with van der Waals surface area (Å²) in [6, 6.07) is 15.4. The lowest BCUT2D eigenvalue weighted by Crippen LogP contribution is -2.39. The van der Waals surface area contributed by atoms with Crippen molar-refractivity contribution in [3.05, 3.63) is 70.8 Å². The van der Waals surface area contributed by atoms with Gasteiger partial charge >= 0.3 is 0 Å². The fourth-order valence-corrected chi connectivity index (χ4v) is 7.80. The van der Waals surface area contributed by atoms with Crippen molar-refractivity contribution in [1.82, 2.24) is 14.7 Å². The number of hydrogen-bond donors (Lipinski definition) is 0. The Bertz CT molecular complexity index is 1540. The molecule has 1 atom stereocenters. The van der Waals surface area contributed by atoms with Crippen molar-refractivity contribution in [2.75, 3.05) is 18.1 Å². The van der Waals surface area contributed by atoms with E-state index in [1.807, 2.05) is 67.7 Å². The van der Waals surface area contributed by atoms with Crippen molar-refractivity contribution in [2.45, 2.75) is 39.7 Å². The molecule has 0 unspecified atom stereocenters. The molecule has 7 nitrogen and oxygen atoms in total. The van der Waals surface area contributed by atoms with Crippen LogP contribution in [0.4, 0.5) is 0 Å². The first-order chi connectivity index (χ1) is 18.6. The molecule has 2 aliphatic heterocycles. The summed E-state index contributed by atoms with van der Waals surface area (Å²) in [5.74, 6) is 1.19. The summed E-state index contributed by atoms with van der Waals surface area (Å²) in [6.07, 6.45) is 5.11. The number of carbonyl (C=O) groups excluding carboxylic acids is 1. The molecule has 1 amide bonds. The van der Waals surface area contributed by atoms with Gasteiger partial charge in [-0.15, -0.1) is 0 Å². The van der Waals surface area contributed by atoms with Crippen molar-refractivity contribution in [1.29, 1.82) is 0 Å². The van der Waals surface area contributed by atoms with Gasteiger partial charge < -0.3 is 4.74 Å². The number of sulfone groups is 1. The van der Waals surface area contributed by atoms with E-state index in [1.165, 1.54) is 16.7 Å². The Morgan fingerprint density at radius 1 is 1.21 bits per heavy atom. The lowest BCUT2D eigenvalue weighted by molar-refractivity contribution is -0.123. The van der Waals surface area contributed by atoms with E-state index in [-0.39, 0.29) is 17.4 Å². The predicted molar refractivity (Wildman–Crippen MR) is 161 cm³/mol. The fraction of sp³-hybridized carbons (Fsp3) is 0.345. The van der Waals surface area contributed by atoms with Crippen molar-refractivity contribution in [3.8, 4) is 22.7 Å². The second-order valence-electron chi connectivity index (χ2n) is 10.3. The van der Waals surface area contributed by atoms with Crippen LogP contribution in [0.5, 0.6) is 5.75 Å². The molecule has 0 spiro atoms. The average molecular weight is 582 g/mol. The molecular weight excluding hydrogens is 551 g/mol. The second-order valence-corrected chi connectivity index (χ2v) is 14.2. The highest BCUT2D eigenvalue weighted by molar-refractivity contribution is 8.26. The van der Waals surface area contributed by atoms with Crippen LogP contribution in [0.2, 0.25) is 0 Å². The zero-order chi connectivity index (χ0) is 27.7. The minimum Gasteiger partial charge on any atom is -0.493 e. The van der Waals surface area contributed by atoms with Crippen molar-refractivity contribution >= 4 is 50.1 Å². The van der Waals surface area contributed by atoms with Crippen LogP contribution >= 0.6 is 24.0 Å². The zero-order valence-electron chi connectivity index (χ0n) is 22.2. The Morgan fingerprint density at radius 3 is 2.64 bits per heavy atom. The molecule has 0 radical (unpaired) electrons. The van der Waals surface area contributed by atoms with Crippen molar-refractivity contribution < 1.29 is 17.9 Å². The molecule has 10 heteroatoms. The third-order valence-corrected chi connectivity index (χ3v) is 9.93. The van der Waals surface area contributed by atoms with Crippen LogP contribution in [0.15, 0.2) is 59.6 Å². The van der Waals surface area contributed by atoms with Gasteiger partial charge in [0.25, 0.3) is 5.91 Å². The zero-order valence-corrected chi connectivity index (χ0v) is 24.6. The number of ether oxygens (including phenoxy) is 1. The van der Waals surface area contributed by atoms with Crippen LogP contribution in [-0.2, 0) is 14.6 Å². The summed E-state index contributed by atoms with van der Waals surface area (Å²) in [5.41, 5.74) is 4.30. The van der Waals surface area contributed by atoms with Gasteiger partial charge in [-0.25, -0.2) is 13.1 Å². The lowest BCUT2D eigenvalue weighted by atomic mass is 10.0. The molecule has 2 fully saturated rings. The molecule has 0 N–H and O–H groups in total. The highest BCUT2D eigenvalue weighted by atomic mass is 32.2. The van der Waals surface area contributed by atoms with Crippen LogP contribution < -0.4 is 4.74 Å². The molecular formula is C29H31N3O4S3. The van der Waals surface area contributed by atoms with Gasteiger partial charge in [0.15, 0.2) is 9.84 Å². The first kappa shape index (κ1) is 27.6. The molecule has 204 valence electrons. The Labute approximate surface area is 239 Å². The van der Waals surface area contributed by atoms with Crippen LogP contribution in [0.25, 0.3) is 23.0 Å². The quantitative estimate of drug-likeness (QED) is 0.251. The largest absolute Gasteiger partial charge is 0.493 e. The average Bonchev–Trinajstić information content (AvgIpc) is 3.55. The number of rotatable bonds is 8. The number of thioether (sulfide) groups is 1. The Hall–Kier alpha value is -2.95. The third-order valence-electron chi connectivity index (χ3n) is 6.85. The van der Waals surface area contributed by atoms with E-state index < -0.39 is 15.9 Å². The minimum absolute atomic E-state index is 0.0469. The number of aryl methyl sites for hydroxylation is 1. The van der Waals surface area contributed by atoms with Crippen LogP contribution in [0.1, 0.15) is 37.8 Å². The molecule has 3 heterocycles. The van der Waals surface area contributed by atoms with E-state index in [0.717, 1.165) is 40.2 Å². The highest BCUT2D eigenvalue weighted by Crippen LogP contribution is 2.38. The van der Waals surface area contributed by atoms with E-state index >= 15 is 0 Å². The summed E-state index contributed by atoms with van der Waals surface area (Å²) in [7, 11) is -3.15.